The van der Waals surface area contributed by atoms with Gasteiger partial charge in [-0.3, -0.25) is 13.9 Å². The number of hydrogen-bond acceptors (Lipinski definition) is 9. The van der Waals surface area contributed by atoms with E-state index in [9.17, 15) is 35.8 Å². The quantitative estimate of drug-likeness (QED) is 0.450. The summed E-state index contributed by atoms with van der Waals surface area (Å²) in [5.74, 6) is -1.71. The van der Waals surface area contributed by atoms with E-state index in [1.165, 1.54) is 6.92 Å². The molecule has 2 aromatic rings. The van der Waals surface area contributed by atoms with Crippen LogP contribution in [0.5, 0.6) is 5.75 Å². The van der Waals surface area contributed by atoms with Gasteiger partial charge in [-0.1, -0.05) is 18.2 Å². The Kier molecular flexibility index (Phi) is 5.42. The van der Waals surface area contributed by atoms with E-state index < -0.39 is 53.4 Å². The molecule has 0 bridgehead atoms. The minimum Gasteiger partial charge on any atom is -0.504 e. The molecule has 0 aliphatic carbocycles. The van der Waals surface area contributed by atoms with Crippen molar-refractivity contribution in [3.8, 4) is 5.75 Å². The Hall–Kier alpha value is -3.20. The van der Waals surface area contributed by atoms with Gasteiger partial charge < -0.3 is 5.11 Å². The van der Waals surface area contributed by atoms with E-state index in [0.717, 1.165) is 5.01 Å². The average molecular weight is 454 g/mol. The van der Waals surface area contributed by atoms with Crippen LogP contribution in [0, 0.1) is 0 Å². The van der Waals surface area contributed by atoms with Gasteiger partial charge in [-0.25, -0.2) is 0 Å². The summed E-state index contributed by atoms with van der Waals surface area (Å²) in [7, 11) is -9.98. The fraction of sp³-hybridized carbons (Fsp3) is 0.125. The number of aromatic hydroxyl groups is 1. The predicted molar refractivity (Wildman–Crippen MR) is 103 cm³/mol. The van der Waals surface area contributed by atoms with Gasteiger partial charge in [0.05, 0.1) is 16.3 Å². The maximum atomic E-state index is 12.6. The van der Waals surface area contributed by atoms with Gasteiger partial charge in [0.1, 0.15) is 10.6 Å². The molecule has 1 heterocycles. The Morgan fingerprint density at radius 3 is 2.23 bits per heavy atom. The molecule has 158 valence electrons. The number of amides is 1. The third kappa shape index (κ3) is 4.20. The molecular weight excluding hydrogens is 440 g/mol. The van der Waals surface area contributed by atoms with Crippen molar-refractivity contribution in [2.24, 2.45) is 15.3 Å². The number of carbonyl (C=O) groups is 1. The molecule has 0 saturated heterocycles. The zero-order valence-corrected chi connectivity index (χ0v) is 16.7. The van der Waals surface area contributed by atoms with Crippen LogP contribution >= 0.6 is 0 Å². The van der Waals surface area contributed by atoms with Crippen LogP contribution < -0.4 is 5.01 Å². The number of benzene rings is 2. The number of para-hydroxylation sites is 1. The number of phenolic OH excluding ortho intramolecular Hbond substituents is 1. The van der Waals surface area contributed by atoms with Gasteiger partial charge in [0.15, 0.2) is 11.8 Å². The second-order valence-electron chi connectivity index (χ2n) is 6.08. The number of hydrazone groups is 1. The minimum absolute atomic E-state index is 0.230. The molecule has 0 spiro atoms. The van der Waals surface area contributed by atoms with Gasteiger partial charge in [0.2, 0.25) is 0 Å². The number of azo groups is 1. The third-order valence-electron chi connectivity index (χ3n) is 3.98. The second kappa shape index (κ2) is 7.56. The van der Waals surface area contributed by atoms with Crippen LogP contribution in [0.4, 0.5) is 11.4 Å². The molecular formula is C16H14N4O8S2. The summed E-state index contributed by atoms with van der Waals surface area (Å²) >= 11 is 0. The van der Waals surface area contributed by atoms with Crippen molar-refractivity contribution >= 4 is 43.2 Å². The number of hydrogen-bond donors (Lipinski definition) is 3. The highest BCUT2D eigenvalue weighted by Gasteiger charge is 2.35. The van der Waals surface area contributed by atoms with Gasteiger partial charge in [-0.15, -0.1) is 0 Å². The van der Waals surface area contributed by atoms with E-state index in [0.29, 0.717) is 17.8 Å². The smallest absolute Gasteiger partial charge is 0.298 e. The van der Waals surface area contributed by atoms with E-state index >= 15 is 0 Å². The second-order valence-corrected chi connectivity index (χ2v) is 8.90. The van der Waals surface area contributed by atoms with E-state index in [4.69, 9.17) is 0 Å². The van der Waals surface area contributed by atoms with Crippen molar-refractivity contribution in [2.75, 3.05) is 5.01 Å². The molecule has 14 heteroatoms. The maximum absolute atomic E-state index is 12.6. The molecule has 0 fully saturated rings. The molecule has 1 unspecified atom stereocenters. The maximum Gasteiger partial charge on any atom is 0.298 e. The van der Waals surface area contributed by atoms with Crippen molar-refractivity contribution in [3.05, 3.63) is 42.5 Å². The van der Waals surface area contributed by atoms with Crippen LogP contribution in [0.2, 0.25) is 0 Å². The van der Waals surface area contributed by atoms with Gasteiger partial charge >= 0.3 is 0 Å². The Morgan fingerprint density at radius 2 is 1.67 bits per heavy atom. The number of carbonyl (C=O) groups excluding carboxylic acids is 1. The van der Waals surface area contributed by atoms with Crippen LogP contribution in [0.15, 0.2) is 67.6 Å². The average Bonchev–Trinajstić information content (AvgIpc) is 2.93. The molecule has 12 nitrogen and oxygen atoms in total. The van der Waals surface area contributed by atoms with Crippen LogP contribution in [0.3, 0.4) is 0 Å². The van der Waals surface area contributed by atoms with Crippen LogP contribution in [-0.4, -0.2) is 48.7 Å². The molecule has 30 heavy (non-hydrogen) atoms. The first kappa shape index (κ1) is 21.5. The first-order valence-electron chi connectivity index (χ1n) is 8.06. The number of nitrogens with zero attached hydrogens (tertiary/aromatic N) is 4. The molecule has 1 atom stereocenters. The van der Waals surface area contributed by atoms with Gasteiger partial charge in [-0.05, 0) is 31.2 Å². The first-order valence-corrected chi connectivity index (χ1v) is 10.9. The van der Waals surface area contributed by atoms with Crippen LogP contribution in [-0.2, 0) is 25.0 Å². The Morgan fingerprint density at radius 1 is 1.03 bits per heavy atom. The summed E-state index contributed by atoms with van der Waals surface area (Å²) in [6, 6.07) is 8.15. The lowest BCUT2D eigenvalue weighted by Gasteiger charge is -2.12. The standard InChI is InChI=1S/C16H14N4O8S2/c1-9-14(16(22)20(19-9)10-5-3-2-4-6-10)18-17-12-7-11(29(23,24)25)8-13(15(12)21)30(26,27)28/h2-8,14,21H,1H3,(H,23,24,25)(H,26,27,28). The predicted octanol–water partition coefficient (Wildman–Crippen LogP) is 1.76. The topological polar surface area (TPSA) is 186 Å². The Bertz CT molecular complexity index is 1290. The normalized spacial score (nSPS) is 17.6. The van der Waals surface area contributed by atoms with Crippen molar-refractivity contribution in [1.29, 1.82) is 0 Å². The summed E-state index contributed by atoms with van der Waals surface area (Å²) < 4.78 is 64.0. The number of phenols is 1. The lowest BCUT2D eigenvalue weighted by molar-refractivity contribution is -0.117. The zero-order chi connectivity index (χ0) is 22.3. The monoisotopic (exact) mass is 454 g/mol. The molecule has 1 aliphatic rings. The van der Waals surface area contributed by atoms with Gasteiger partial charge in [-0.2, -0.15) is 37.2 Å². The van der Waals surface area contributed by atoms with E-state index in [-0.39, 0.29) is 5.71 Å². The van der Waals surface area contributed by atoms with Crippen molar-refractivity contribution in [1.82, 2.24) is 0 Å². The fourth-order valence-electron chi connectivity index (χ4n) is 2.55. The summed E-state index contributed by atoms with van der Waals surface area (Å²) in [6.07, 6.45) is 0. The highest BCUT2D eigenvalue weighted by molar-refractivity contribution is 7.86. The van der Waals surface area contributed by atoms with Crippen LogP contribution in [0.25, 0.3) is 0 Å². The Labute approximate surface area is 170 Å². The van der Waals surface area contributed by atoms with Gasteiger partial charge in [0, 0.05) is 0 Å². The summed E-state index contributed by atoms with van der Waals surface area (Å²) in [6.45, 7) is 1.49. The highest BCUT2D eigenvalue weighted by Crippen LogP contribution is 2.37. The van der Waals surface area contributed by atoms with Gasteiger partial charge in [0.25, 0.3) is 26.1 Å². The molecule has 0 saturated carbocycles. The summed E-state index contributed by atoms with van der Waals surface area (Å²) in [5.41, 5.74) is -0.0195. The highest BCUT2D eigenvalue weighted by atomic mass is 32.2. The zero-order valence-electron chi connectivity index (χ0n) is 15.1. The van der Waals surface area contributed by atoms with Crippen LogP contribution in [0.1, 0.15) is 6.92 Å². The molecule has 1 aliphatic heterocycles. The van der Waals surface area contributed by atoms with E-state index in [1.54, 1.807) is 30.3 Å². The largest absolute Gasteiger partial charge is 0.504 e. The van der Waals surface area contributed by atoms with Crippen molar-refractivity contribution in [2.45, 2.75) is 22.8 Å². The number of anilines is 1. The van der Waals surface area contributed by atoms with Crippen molar-refractivity contribution in [3.63, 3.8) is 0 Å². The van der Waals surface area contributed by atoms with E-state index in [2.05, 4.69) is 15.3 Å². The fourth-order valence-corrected chi connectivity index (χ4v) is 3.78. The molecule has 0 radical (unpaired) electrons. The molecule has 3 N–H and O–H groups in total. The third-order valence-corrected chi connectivity index (χ3v) is 5.68. The Balaban J connectivity index is 2.02. The first-order chi connectivity index (χ1) is 13.9. The van der Waals surface area contributed by atoms with Crippen molar-refractivity contribution < 1.29 is 35.8 Å². The lowest BCUT2D eigenvalue weighted by atomic mass is 10.2. The summed E-state index contributed by atoms with van der Waals surface area (Å²) in [4.78, 5) is 10.4. The molecule has 2 aromatic carbocycles. The molecule has 0 aromatic heterocycles. The minimum atomic E-state index is -5.07. The molecule has 3 rings (SSSR count). The summed E-state index contributed by atoms with van der Waals surface area (Å²) in [5, 5.41) is 22.5. The van der Waals surface area contributed by atoms with E-state index in [1.807, 2.05) is 0 Å². The molecule has 1 amide bonds. The lowest BCUT2D eigenvalue weighted by Crippen LogP contribution is -2.29. The SMILES string of the molecule is CC1=NN(c2ccccc2)C(=O)C1N=Nc1cc(S(=O)(=O)O)cc(S(=O)(=O)O)c1O. The number of rotatable bonds is 5.